The third-order valence-corrected chi connectivity index (χ3v) is 9.04. The molecule has 0 aliphatic rings. The van der Waals surface area contributed by atoms with E-state index in [9.17, 15) is 18.3 Å². The Balaban J connectivity index is 1.49. The SMILES string of the molecule is CC(C)(C)c1ccc(-n2c(-c3cncc(-c4cc(C(C)(C)C)cc5nccnc45)c3)nc3c(-c4cc(C(F)(F)F)ccc4O)cccc32)cc1. The van der Waals surface area contributed by atoms with Crippen molar-refractivity contribution >= 4 is 22.1 Å². The Bertz CT molecular complexity index is 2400. The summed E-state index contributed by atoms with van der Waals surface area (Å²) in [6, 6.07) is 22.6. The van der Waals surface area contributed by atoms with Crippen molar-refractivity contribution < 1.29 is 18.3 Å². The molecule has 7 aromatic rings. The average molecular weight is 672 g/mol. The lowest BCUT2D eigenvalue weighted by Gasteiger charge is -2.21. The van der Waals surface area contributed by atoms with E-state index in [4.69, 9.17) is 4.98 Å². The Morgan fingerprint density at radius 2 is 1.28 bits per heavy atom. The van der Waals surface area contributed by atoms with Gasteiger partial charge in [-0.15, -0.1) is 0 Å². The van der Waals surface area contributed by atoms with E-state index < -0.39 is 11.7 Å². The molecule has 1 N–H and O–H groups in total. The maximum atomic E-state index is 13.8. The summed E-state index contributed by atoms with van der Waals surface area (Å²) in [5, 5.41) is 10.8. The van der Waals surface area contributed by atoms with E-state index in [2.05, 4.69) is 80.8 Å². The van der Waals surface area contributed by atoms with Crippen LogP contribution in [0.25, 0.3) is 61.4 Å². The third kappa shape index (κ3) is 5.97. The molecule has 6 nitrogen and oxygen atoms in total. The van der Waals surface area contributed by atoms with E-state index in [0.29, 0.717) is 28.0 Å². The maximum Gasteiger partial charge on any atom is 0.416 e. The van der Waals surface area contributed by atoms with Crippen molar-refractivity contribution in [1.82, 2.24) is 24.5 Å². The number of alkyl halides is 3. The number of pyridine rings is 1. The van der Waals surface area contributed by atoms with Gasteiger partial charge in [-0.05, 0) is 76.6 Å². The fourth-order valence-corrected chi connectivity index (χ4v) is 6.25. The second-order valence-electron chi connectivity index (χ2n) is 14.6. The summed E-state index contributed by atoms with van der Waals surface area (Å²) >= 11 is 0. The van der Waals surface area contributed by atoms with Crippen molar-refractivity contribution in [2.75, 3.05) is 0 Å². The van der Waals surface area contributed by atoms with Crippen LogP contribution in [0.3, 0.4) is 0 Å². The number of aromatic nitrogens is 5. The number of phenols is 1. The molecule has 0 atom stereocenters. The topological polar surface area (TPSA) is 76.7 Å². The van der Waals surface area contributed by atoms with Crippen molar-refractivity contribution in [2.24, 2.45) is 0 Å². The van der Waals surface area contributed by atoms with Crippen LogP contribution >= 0.6 is 0 Å². The molecular weight excluding hydrogens is 635 g/mol. The van der Waals surface area contributed by atoms with Crippen molar-refractivity contribution in [3.63, 3.8) is 0 Å². The molecule has 0 unspecified atom stereocenters. The summed E-state index contributed by atoms with van der Waals surface area (Å²) in [5.41, 5.74) is 7.41. The lowest BCUT2D eigenvalue weighted by molar-refractivity contribution is -0.137. The molecule has 0 saturated carbocycles. The lowest BCUT2D eigenvalue weighted by atomic mass is 9.85. The lowest BCUT2D eigenvalue weighted by Crippen LogP contribution is -2.11. The van der Waals surface area contributed by atoms with Gasteiger partial charge in [0.25, 0.3) is 0 Å². The first-order valence-corrected chi connectivity index (χ1v) is 16.3. The number of nitrogens with zero attached hydrogens (tertiary/aromatic N) is 5. The molecule has 9 heteroatoms. The minimum absolute atomic E-state index is 0.0422. The molecule has 0 saturated heterocycles. The van der Waals surface area contributed by atoms with Gasteiger partial charge in [-0.25, -0.2) is 4.98 Å². The van der Waals surface area contributed by atoms with Gasteiger partial charge in [-0.3, -0.25) is 19.5 Å². The molecule has 3 aromatic heterocycles. The van der Waals surface area contributed by atoms with Crippen LogP contribution in [-0.4, -0.2) is 29.6 Å². The van der Waals surface area contributed by atoms with Crippen molar-refractivity contribution in [3.05, 3.63) is 120 Å². The molecule has 0 spiro atoms. The predicted molar refractivity (Wildman–Crippen MR) is 192 cm³/mol. The van der Waals surface area contributed by atoms with Gasteiger partial charge in [0, 0.05) is 58.3 Å². The summed E-state index contributed by atoms with van der Waals surface area (Å²) in [4.78, 5) is 19.0. The van der Waals surface area contributed by atoms with Crippen molar-refractivity contribution in [2.45, 2.75) is 58.5 Å². The second kappa shape index (κ2) is 11.8. The molecule has 0 amide bonds. The number of phenolic OH excluding ortho intramolecular Hbond substituents is 1. The monoisotopic (exact) mass is 671 g/mol. The van der Waals surface area contributed by atoms with Gasteiger partial charge in [0.05, 0.1) is 27.6 Å². The van der Waals surface area contributed by atoms with E-state index >= 15 is 0 Å². The van der Waals surface area contributed by atoms with Crippen LogP contribution in [0.2, 0.25) is 0 Å². The van der Waals surface area contributed by atoms with Gasteiger partial charge in [-0.1, -0.05) is 65.8 Å². The fourth-order valence-electron chi connectivity index (χ4n) is 6.25. The summed E-state index contributed by atoms with van der Waals surface area (Å²) in [7, 11) is 0. The van der Waals surface area contributed by atoms with Crippen LogP contribution < -0.4 is 0 Å². The van der Waals surface area contributed by atoms with Gasteiger partial charge in [-0.2, -0.15) is 13.2 Å². The number of hydrogen-bond donors (Lipinski definition) is 1. The molecule has 0 aliphatic carbocycles. The number of aromatic hydroxyl groups is 1. The van der Waals surface area contributed by atoms with Gasteiger partial charge >= 0.3 is 6.18 Å². The van der Waals surface area contributed by atoms with Crippen LogP contribution in [0.15, 0.2) is 104 Å². The maximum absolute atomic E-state index is 13.8. The zero-order chi connectivity index (χ0) is 35.6. The van der Waals surface area contributed by atoms with Gasteiger partial charge in [0.2, 0.25) is 0 Å². The molecule has 3 heterocycles. The molecule has 0 radical (unpaired) electrons. The van der Waals surface area contributed by atoms with E-state index in [-0.39, 0.29) is 22.1 Å². The van der Waals surface area contributed by atoms with Crippen molar-refractivity contribution in [1.29, 1.82) is 0 Å². The first kappa shape index (κ1) is 33.0. The van der Waals surface area contributed by atoms with Crippen LogP contribution in [-0.2, 0) is 17.0 Å². The highest BCUT2D eigenvalue weighted by Gasteiger charge is 2.32. The van der Waals surface area contributed by atoms with E-state index in [0.717, 1.165) is 57.2 Å². The highest BCUT2D eigenvalue weighted by Crippen LogP contribution is 2.42. The Labute approximate surface area is 288 Å². The number of benzene rings is 4. The standard InChI is InChI=1S/C41H36F3N5O/c1-39(2,3)26-10-13-29(14-11-26)49-34-9-7-8-30(32-19-27(41(42,43)44)12-15-35(32)50)37(34)48-38(49)25-18-24(22-45-23-25)31-20-28(40(4,5)6)21-33-36(31)47-17-16-46-33/h7-23,50H,1-6H3. The summed E-state index contributed by atoms with van der Waals surface area (Å²) < 4.78 is 43.4. The van der Waals surface area contributed by atoms with Gasteiger partial charge in [0.1, 0.15) is 11.6 Å². The summed E-state index contributed by atoms with van der Waals surface area (Å²) in [6.45, 7) is 12.9. The predicted octanol–water partition coefficient (Wildman–Crippen LogP) is 10.7. The zero-order valence-corrected chi connectivity index (χ0v) is 28.6. The number of hydrogen-bond acceptors (Lipinski definition) is 5. The summed E-state index contributed by atoms with van der Waals surface area (Å²) in [6.07, 6.45) is 2.29. The zero-order valence-electron chi connectivity index (χ0n) is 28.6. The number of rotatable bonds is 4. The minimum atomic E-state index is -4.58. The molecule has 7 rings (SSSR count). The number of para-hydroxylation sites is 1. The molecule has 0 fully saturated rings. The number of imidazole rings is 1. The normalized spacial score (nSPS) is 12.6. The molecule has 0 bridgehead atoms. The van der Waals surface area contributed by atoms with E-state index in [1.807, 2.05) is 28.8 Å². The van der Waals surface area contributed by atoms with Crippen LogP contribution in [0.5, 0.6) is 5.75 Å². The largest absolute Gasteiger partial charge is 0.507 e. The molecular formula is C41H36F3N5O. The van der Waals surface area contributed by atoms with Crippen LogP contribution in [0, 0.1) is 0 Å². The van der Waals surface area contributed by atoms with Crippen LogP contribution in [0.1, 0.15) is 58.2 Å². The highest BCUT2D eigenvalue weighted by molar-refractivity contribution is 5.98. The summed E-state index contributed by atoms with van der Waals surface area (Å²) in [5.74, 6) is 0.269. The number of fused-ring (bicyclic) bond motifs is 2. The Hall–Kier alpha value is -5.57. The van der Waals surface area contributed by atoms with Gasteiger partial charge in [0.15, 0.2) is 0 Å². The number of halogens is 3. The second-order valence-corrected chi connectivity index (χ2v) is 14.6. The first-order chi connectivity index (χ1) is 23.6. The average Bonchev–Trinajstić information content (AvgIpc) is 3.47. The molecule has 252 valence electrons. The Kier molecular flexibility index (Phi) is 7.77. The Morgan fingerprint density at radius 1 is 0.620 bits per heavy atom. The minimum Gasteiger partial charge on any atom is -0.507 e. The first-order valence-electron chi connectivity index (χ1n) is 16.3. The highest BCUT2D eigenvalue weighted by atomic mass is 19.4. The fraction of sp³-hybridized carbons (Fsp3) is 0.220. The smallest absolute Gasteiger partial charge is 0.416 e. The molecule has 0 aliphatic heterocycles. The third-order valence-electron chi connectivity index (χ3n) is 9.04. The van der Waals surface area contributed by atoms with Crippen LogP contribution in [0.4, 0.5) is 13.2 Å². The quantitative estimate of drug-likeness (QED) is 0.202. The van der Waals surface area contributed by atoms with Crippen molar-refractivity contribution in [3.8, 4) is 45.1 Å². The molecule has 50 heavy (non-hydrogen) atoms. The molecule has 4 aromatic carbocycles. The van der Waals surface area contributed by atoms with E-state index in [1.165, 1.54) is 0 Å². The van der Waals surface area contributed by atoms with Gasteiger partial charge < -0.3 is 5.11 Å². The Morgan fingerprint density at radius 3 is 1.98 bits per heavy atom. The van der Waals surface area contributed by atoms with E-state index in [1.54, 1.807) is 36.9 Å².